The molecule has 3 aromatic rings. The van der Waals surface area contributed by atoms with Crippen LogP contribution in [0.25, 0.3) is 52.4 Å². The minimum atomic E-state index is 0. The summed E-state index contributed by atoms with van der Waals surface area (Å²) in [6.07, 6.45) is 17.7. The minimum Gasteiger partial charge on any atom is -0.657 e. The van der Waals surface area contributed by atoms with Crippen molar-refractivity contribution in [2.75, 3.05) is 0 Å². The van der Waals surface area contributed by atoms with Crippen molar-refractivity contribution >= 4 is 52.4 Å². The molecule has 0 aromatic carbocycles. The summed E-state index contributed by atoms with van der Waals surface area (Å²) < 4.78 is 0. The molecule has 5 heteroatoms. The predicted molar refractivity (Wildman–Crippen MR) is 176 cm³/mol. The first-order valence-corrected chi connectivity index (χ1v) is 15.5. The Balaban J connectivity index is 0.00000405. The summed E-state index contributed by atoms with van der Waals surface area (Å²) in [6, 6.07) is 8.75. The van der Waals surface area contributed by atoms with Crippen molar-refractivity contribution in [1.29, 1.82) is 0 Å². The van der Waals surface area contributed by atoms with Crippen LogP contribution < -0.4 is 9.97 Å². The van der Waals surface area contributed by atoms with E-state index in [9.17, 15) is 0 Å². The quantitative estimate of drug-likeness (QED) is 0.118. The maximum absolute atomic E-state index is 5.28. The van der Waals surface area contributed by atoms with Gasteiger partial charge in [0.2, 0.25) is 0 Å². The van der Waals surface area contributed by atoms with E-state index in [-0.39, 0.29) is 16.5 Å². The molecule has 2 aliphatic rings. The molecule has 8 bridgehead atoms. The summed E-state index contributed by atoms with van der Waals surface area (Å²) in [7, 11) is 0. The first kappa shape index (κ1) is 31.5. The van der Waals surface area contributed by atoms with Crippen LogP contribution >= 0.6 is 0 Å². The molecule has 0 N–H and O–H groups in total. The second-order valence-electron chi connectivity index (χ2n) is 11.1. The fraction of sp³-hybridized carbons (Fsp3) is 0.378. The molecule has 0 amide bonds. The van der Waals surface area contributed by atoms with Crippen LogP contribution in [0, 0.1) is 0 Å². The topological polar surface area (TPSA) is 54.0 Å². The van der Waals surface area contributed by atoms with Crippen LogP contribution in [-0.4, -0.2) is 9.97 Å². The number of fused-ring (bicyclic) bond motifs is 8. The molecule has 0 unspecified atom stereocenters. The molecular weight excluding hydrogens is 559 g/mol. The molecule has 220 valence electrons. The smallest absolute Gasteiger partial charge is 0.657 e. The summed E-state index contributed by atoms with van der Waals surface area (Å²) in [6.45, 7) is 15.1. The molecule has 0 atom stereocenters. The molecule has 42 heavy (non-hydrogen) atoms. The Morgan fingerprint density at radius 2 is 1.12 bits per heavy atom. The third-order valence-corrected chi connectivity index (χ3v) is 8.65. The second kappa shape index (κ2) is 14.2. The van der Waals surface area contributed by atoms with E-state index in [2.05, 4.69) is 95.5 Å². The molecule has 5 heterocycles. The number of aromatic nitrogens is 4. The van der Waals surface area contributed by atoms with Crippen LogP contribution in [0.5, 0.6) is 0 Å². The van der Waals surface area contributed by atoms with Gasteiger partial charge in [0.05, 0.1) is 22.8 Å². The van der Waals surface area contributed by atoms with Gasteiger partial charge >= 0.3 is 16.5 Å². The Hall–Kier alpha value is -3.39. The van der Waals surface area contributed by atoms with Crippen molar-refractivity contribution in [2.24, 2.45) is 0 Å². The van der Waals surface area contributed by atoms with Gasteiger partial charge in [-0.1, -0.05) is 77.4 Å². The molecule has 0 radical (unpaired) electrons. The van der Waals surface area contributed by atoms with Crippen LogP contribution in [0.4, 0.5) is 0 Å². The molecule has 2 aliphatic heterocycles. The molecule has 5 rings (SSSR count). The van der Waals surface area contributed by atoms with Crippen molar-refractivity contribution in [1.82, 2.24) is 19.9 Å². The maximum Gasteiger partial charge on any atom is 2.00 e. The Kier molecular flexibility index (Phi) is 10.7. The maximum atomic E-state index is 5.28. The van der Waals surface area contributed by atoms with Crippen molar-refractivity contribution in [3.05, 3.63) is 81.6 Å². The zero-order chi connectivity index (χ0) is 28.9. The van der Waals surface area contributed by atoms with Gasteiger partial charge in [-0.3, -0.25) is 0 Å². The summed E-state index contributed by atoms with van der Waals surface area (Å²) >= 11 is 0. The summed E-state index contributed by atoms with van der Waals surface area (Å²) in [5, 5.41) is 0. The fourth-order valence-corrected chi connectivity index (χ4v) is 6.30. The summed E-state index contributed by atoms with van der Waals surface area (Å²) in [4.78, 5) is 21.0. The van der Waals surface area contributed by atoms with Crippen molar-refractivity contribution in [3.8, 4) is 0 Å². The monoisotopic (exact) mass is 600 g/mol. The largest absolute Gasteiger partial charge is 2.00 e. The van der Waals surface area contributed by atoms with E-state index in [1.54, 1.807) is 0 Å². The summed E-state index contributed by atoms with van der Waals surface area (Å²) in [5.74, 6) is 0.725. The van der Waals surface area contributed by atoms with Gasteiger partial charge in [0, 0.05) is 5.56 Å². The first-order chi connectivity index (χ1) is 20.1. The second-order valence-corrected chi connectivity index (χ2v) is 11.1. The molecular formula is C37H42N4Ni. The van der Waals surface area contributed by atoms with E-state index in [0.29, 0.717) is 11.8 Å². The normalized spacial score (nSPS) is 12.2. The van der Waals surface area contributed by atoms with Crippen molar-refractivity contribution in [2.45, 2.75) is 91.4 Å². The van der Waals surface area contributed by atoms with Gasteiger partial charge in [-0.15, -0.1) is 27.8 Å². The molecule has 0 fully saturated rings. The van der Waals surface area contributed by atoms with E-state index in [1.165, 1.54) is 16.7 Å². The average Bonchev–Trinajstić information content (AvgIpc) is 3.81. The third kappa shape index (κ3) is 6.05. The summed E-state index contributed by atoms with van der Waals surface area (Å²) in [5.41, 5.74) is 15.4. The van der Waals surface area contributed by atoms with Crippen molar-refractivity contribution < 1.29 is 16.5 Å². The van der Waals surface area contributed by atoms with Crippen LogP contribution in [0.15, 0.2) is 36.6 Å². The van der Waals surface area contributed by atoms with E-state index in [1.807, 2.05) is 6.08 Å². The number of unbranched alkanes of at least 4 members (excludes halogenated alkanes) is 1. The predicted octanol–water partition coefficient (Wildman–Crippen LogP) is 9.86. The minimum absolute atomic E-state index is 0. The Morgan fingerprint density at radius 3 is 1.52 bits per heavy atom. The zero-order valence-corrected chi connectivity index (χ0v) is 26.6. The van der Waals surface area contributed by atoms with Crippen LogP contribution in [0.2, 0.25) is 0 Å². The van der Waals surface area contributed by atoms with Gasteiger partial charge in [-0.2, -0.15) is 0 Å². The third-order valence-electron chi connectivity index (χ3n) is 8.65. The van der Waals surface area contributed by atoms with Crippen molar-refractivity contribution in [3.63, 3.8) is 0 Å². The van der Waals surface area contributed by atoms with Gasteiger partial charge in [-0.05, 0) is 91.9 Å². The number of hydrogen-bond donors (Lipinski definition) is 0. The molecule has 4 nitrogen and oxygen atoms in total. The van der Waals surface area contributed by atoms with Gasteiger partial charge < -0.3 is 9.97 Å². The SMILES string of the molecule is C=C=Cc1c2nc(c(C(CC)CC)c3ccc([n-]3)c(CCCC)c3ccc([n-]3)c(C(CC)CC)c3nc1C=C3)C=C2.[Ni+2]. The van der Waals surface area contributed by atoms with Gasteiger partial charge in [0.1, 0.15) is 0 Å². The van der Waals surface area contributed by atoms with Crippen LogP contribution in [0.3, 0.4) is 0 Å². The number of nitrogens with zero attached hydrogens (tertiary/aromatic N) is 4. The molecule has 0 aliphatic carbocycles. The van der Waals surface area contributed by atoms with Crippen LogP contribution in [0.1, 0.15) is 130 Å². The van der Waals surface area contributed by atoms with Gasteiger partial charge in [-0.25, -0.2) is 9.97 Å². The molecule has 0 saturated carbocycles. The molecule has 3 aromatic heterocycles. The van der Waals surface area contributed by atoms with Crippen LogP contribution in [-0.2, 0) is 22.9 Å². The average molecular weight is 601 g/mol. The molecule has 0 saturated heterocycles. The van der Waals surface area contributed by atoms with Gasteiger partial charge in [0.15, 0.2) is 0 Å². The number of rotatable bonds is 10. The fourth-order valence-electron chi connectivity index (χ4n) is 6.30. The Bertz CT molecular complexity index is 1580. The Morgan fingerprint density at radius 1 is 0.690 bits per heavy atom. The van der Waals surface area contributed by atoms with E-state index >= 15 is 0 Å². The molecule has 0 spiro atoms. The van der Waals surface area contributed by atoms with E-state index in [4.69, 9.17) is 19.9 Å². The Labute approximate surface area is 261 Å². The first-order valence-electron chi connectivity index (χ1n) is 15.5. The zero-order valence-electron chi connectivity index (χ0n) is 25.6. The number of hydrogen-bond acceptors (Lipinski definition) is 2. The van der Waals surface area contributed by atoms with Gasteiger partial charge in [0.25, 0.3) is 0 Å². The standard InChI is InChI=1S/C37H42N4.Ni/c1-7-13-15-27-30-18-22-34(40-30)36(24(9-3)10-4)32-20-16-28(38-32)26(14-8-2)29-17-21-33(39-29)37(25(11-5)12-6)35-23-19-31(27)41-35;/h14,16-25H,2,7,9-13,15H2,1,3-6H3;/q-2;+2. The van der Waals surface area contributed by atoms with E-state index in [0.717, 1.165) is 95.4 Å². The number of aryl methyl sites for hydroxylation is 1. The van der Waals surface area contributed by atoms with E-state index < -0.39 is 0 Å².